The first-order valence-corrected chi connectivity index (χ1v) is 19.0. The molecule has 2 aliphatic rings. The first-order valence-electron chi connectivity index (χ1n) is 19.0. The summed E-state index contributed by atoms with van der Waals surface area (Å²) < 4.78 is 187. The molecule has 0 atom stereocenters. The number of hydrogen-bond acceptors (Lipinski definition) is 2. The SMILES string of the molecule is FC(F)(F)C1=C(C(F)(F)F)c2nc1c(-c1ccccc1)c1ccc([n-]1)c(-c1ccccc1)c1nc(c(-c3ccccc3)c3ccc([n-]3)c2-c2ccccc2)C(C(F)(F)F)=C1C(F)(F)F.[Cu+2]. The van der Waals surface area contributed by atoms with E-state index in [1.54, 1.807) is 0 Å². The van der Waals surface area contributed by atoms with Crippen LogP contribution in [-0.2, 0) is 17.1 Å². The van der Waals surface area contributed by atoms with Crippen molar-refractivity contribution in [2.45, 2.75) is 24.7 Å². The van der Waals surface area contributed by atoms with E-state index in [1.165, 1.54) is 121 Å². The maximum absolute atomic E-state index is 15.6. The average molecular weight is 948 g/mol. The smallest absolute Gasteiger partial charge is 0.657 e. The van der Waals surface area contributed by atoms with Crippen molar-refractivity contribution in [1.29, 1.82) is 0 Å². The molecular formula is C48H24CuF12N4. The van der Waals surface area contributed by atoms with E-state index in [9.17, 15) is 0 Å². The van der Waals surface area contributed by atoms with Gasteiger partial charge in [0.15, 0.2) is 0 Å². The molecule has 0 fully saturated rings. The summed E-state index contributed by atoms with van der Waals surface area (Å²) in [4.78, 5) is 17.3. The predicted molar refractivity (Wildman–Crippen MR) is 219 cm³/mol. The van der Waals surface area contributed by atoms with Crippen LogP contribution < -0.4 is 9.97 Å². The van der Waals surface area contributed by atoms with Crippen molar-refractivity contribution in [1.82, 2.24) is 19.9 Å². The van der Waals surface area contributed by atoms with Gasteiger partial charge < -0.3 is 9.97 Å². The van der Waals surface area contributed by atoms with Gasteiger partial charge in [-0.25, -0.2) is 9.97 Å². The van der Waals surface area contributed by atoms with Crippen molar-refractivity contribution >= 4 is 44.4 Å². The van der Waals surface area contributed by atoms with Gasteiger partial charge in [0, 0.05) is 0 Å². The summed E-state index contributed by atoms with van der Waals surface area (Å²) in [5.41, 5.74) is -18.5. The fraction of sp³-hybridized carbons (Fsp3) is 0.0833. The summed E-state index contributed by atoms with van der Waals surface area (Å²) in [5.74, 6) is 0. The molecule has 0 amide bonds. The maximum atomic E-state index is 15.6. The summed E-state index contributed by atoms with van der Waals surface area (Å²) >= 11 is 0. The molecule has 331 valence electrons. The van der Waals surface area contributed by atoms with Crippen molar-refractivity contribution in [3.05, 3.63) is 168 Å². The quantitative estimate of drug-likeness (QED) is 0.130. The third-order valence-corrected chi connectivity index (χ3v) is 10.5. The fourth-order valence-electron chi connectivity index (χ4n) is 8.07. The summed E-state index contributed by atoms with van der Waals surface area (Å²) in [6, 6.07) is 31.5. The van der Waals surface area contributed by atoms with Gasteiger partial charge in [0.2, 0.25) is 0 Å². The molecule has 9 rings (SSSR count). The van der Waals surface area contributed by atoms with Crippen molar-refractivity contribution in [3.63, 3.8) is 0 Å². The number of nitrogens with zero attached hydrogens (tertiary/aromatic N) is 4. The molecule has 0 saturated carbocycles. The Labute approximate surface area is 370 Å². The molecule has 4 nitrogen and oxygen atoms in total. The van der Waals surface area contributed by atoms with E-state index in [-0.39, 0.29) is 39.3 Å². The minimum atomic E-state index is -5.74. The Morgan fingerprint density at radius 2 is 0.462 bits per heavy atom. The standard InChI is InChI=1S/C48H24F12N4.Cu/c49-45(50,51)37-38(46(52,53)54)42-35(27-17-9-3-10-18-27)31-23-24-32(62-31)36(28-19-11-4-12-20-28)44-40(48(58,59)60)39(47(55,56)57)43(64-44)34(26-15-7-2-8-16-26)30-22-21-29(61-30)33(41(37)63-42)25-13-5-1-6-14-25;/h1-24H;/q-2;+2. The topological polar surface area (TPSA) is 54.0 Å². The third kappa shape index (κ3) is 8.03. The minimum absolute atomic E-state index is 0. The van der Waals surface area contributed by atoms with Gasteiger partial charge >= 0.3 is 41.8 Å². The zero-order valence-electron chi connectivity index (χ0n) is 32.5. The second kappa shape index (κ2) is 16.3. The summed E-state index contributed by atoms with van der Waals surface area (Å²) in [6.07, 6.45) is -23.0. The molecule has 3 aromatic heterocycles. The van der Waals surface area contributed by atoms with Crippen LogP contribution in [0.1, 0.15) is 22.8 Å². The van der Waals surface area contributed by atoms with Gasteiger partial charge in [-0.15, -0.1) is 22.1 Å². The molecule has 1 radical (unpaired) electrons. The number of allylic oxidation sites excluding steroid dienone is 4. The van der Waals surface area contributed by atoms with Crippen molar-refractivity contribution in [3.8, 4) is 44.5 Å². The van der Waals surface area contributed by atoms with Crippen LogP contribution in [0.25, 0.3) is 88.9 Å². The molecule has 0 aliphatic carbocycles. The predicted octanol–water partition coefficient (Wildman–Crippen LogP) is 14.3. The van der Waals surface area contributed by atoms with E-state index < -0.39 is 114 Å². The van der Waals surface area contributed by atoms with Crippen LogP contribution in [0.4, 0.5) is 52.7 Å². The van der Waals surface area contributed by atoms with Crippen LogP contribution in [-0.4, -0.2) is 34.7 Å². The van der Waals surface area contributed by atoms with Crippen LogP contribution in [0.3, 0.4) is 0 Å². The van der Waals surface area contributed by atoms with E-state index >= 15 is 52.7 Å². The number of halogens is 12. The Bertz CT molecular complexity index is 2760. The van der Waals surface area contributed by atoms with Gasteiger partial charge in [-0.3, -0.25) is 0 Å². The number of rotatable bonds is 4. The average Bonchev–Trinajstić information content (AvgIpc) is 4.06. The van der Waals surface area contributed by atoms with Crippen LogP contribution in [0.15, 0.2) is 146 Å². The molecule has 17 heteroatoms. The van der Waals surface area contributed by atoms with Crippen LogP contribution in [0, 0.1) is 0 Å². The molecule has 0 spiro atoms. The van der Waals surface area contributed by atoms with Crippen molar-refractivity contribution in [2.24, 2.45) is 0 Å². The third-order valence-electron chi connectivity index (χ3n) is 10.5. The molecule has 65 heavy (non-hydrogen) atoms. The number of fused-ring (bicyclic) bond motifs is 8. The van der Waals surface area contributed by atoms with Gasteiger partial charge in [0.05, 0.1) is 45.1 Å². The second-order valence-electron chi connectivity index (χ2n) is 14.5. The van der Waals surface area contributed by atoms with Gasteiger partial charge in [-0.05, 0) is 44.5 Å². The van der Waals surface area contributed by atoms with E-state index in [0.29, 0.717) is 0 Å². The zero-order chi connectivity index (χ0) is 45.3. The van der Waals surface area contributed by atoms with E-state index in [2.05, 4.69) is 19.9 Å². The van der Waals surface area contributed by atoms with E-state index in [0.717, 1.165) is 24.3 Å². The Balaban J connectivity index is 0.00000576. The molecule has 0 saturated heterocycles. The van der Waals surface area contributed by atoms with Gasteiger partial charge in [0.1, 0.15) is 0 Å². The Morgan fingerprint density at radius 1 is 0.277 bits per heavy atom. The van der Waals surface area contributed by atoms with Crippen LogP contribution >= 0.6 is 0 Å². The van der Waals surface area contributed by atoms with Crippen molar-refractivity contribution < 1.29 is 69.8 Å². The number of alkyl halides is 12. The zero-order valence-corrected chi connectivity index (χ0v) is 33.4. The van der Waals surface area contributed by atoms with Crippen molar-refractivity contribution in [2.75, 3.05) is 0 Å². The van der Waals surface area contributed by atoms with E-state index in [4.69, 9.17) is 0 Å². The molecule has 7 aromatic rings. The summed E-state index contributed by atoms with van der Waals surface area (Å²) in [6.45, 7) is 0. The molecule has 0 unspecified atom stereocenters. The van der Waals surface area contributed by atoms with Gasteiger partial charge in [-0.1, -0.05) is 146 Å². The number of benzene rings is 4. The Morgan fingerprint density at radius 3 is 0.631 bits per heavy atom. The Hall–Kier alpha value is -6.84. The minimum Gasteiger partial charge on any atom is -0.657 e. The molecule has 4 aromatic carbocycles. The summed E-state index contributed by atoms with van der Waals surface area (Å²) in [7, 11) is 0. The summed E-state index contributed by atoms with van der Waals surface area (Å²) in [5, 5.41) is 0. The molecule has 8 bridgehead atoms. The fourth-order valence-corrected chi connectivity index (χ4v) is 8.07. The van der Waals surface area contributed by atoms with Crippen LogP contribution in [0.5, 0.6) is 0 Å². The molecule has 2 aliphatic heterocycles. The molecule has 5 heterocycles. The number of hydrogen-bond donors (Lipinski definition) is 0. The molecule has 0 N–H and O–H groups in total. The van der Waals surface area contributed by atoms with Gasteiger partial charge in [0.25, 0.3) is 0 Å². The second-order valence-corrected chi connectivity index (χ2v) is 14.5. The first-order chi connectivity index (χ1) is 30.3. The normalized spacial score (nSPS) is 13.6. The first kappa shape index (κ1) is 44.8. The molecular weight excluding hydrogens is 924 g/mol. The largest absolute Gasteiger partial charge is 2.00 e. The number of aromatic nitrogens is 4. The van der Waals surface area contributed by atoms with E-state index in [1.807, 2.05) is 0 Å². The monoisotopic (exact) mass is 947 g/mol. The Kier molecular flexibility index (Phi) is 11.2. The van der Waals surface area contributed by atoms with Crippen LogP contribution in [0.2, 0.25) is 0 Å². The van der Waals surface area contributed by atoms with Gasteiger partial charge in [-0.2, -0.15) is 52.7 Å². The maximum Gasteiger partial charge on any atom is 2.00 e.